The number of para-hydroxylation sites is 1. The van der Waals surface area contributed by atoms with E-state index in [1.54, 1.807) is 19.1 Å². The Labute approximate surface area is 344 Å². The third-order valence-corrected chi connectivity index (χ3v) is 13.5. The van der Waals surface area contributed by atoms with Crippen molar-refractivity contribution in [3.8, 4) is 5.75 Å². The van der Waals surface area contributed by atoms with Crippen LogP contribution in [0.1, 0.15) is 63.6 Å². The fraction of sp³-hybridized carbons (Fsp3) is 0.600. The van der Waals surface area contributed by atoms with Crippen molar-refractivity contribution in [2.24, 2.45) is 34.2 Å². The number of methoxy groups -OCH3 is 1. The molecule has 13 nitrogen and oxygen atoms in total. The largest absolute Gasteiger partial charge is 0.496 e. The molecule has 1 heterocycles. The van der Waals surface area contributed by atoms with Crippen molar-refractivity contribution in [1.82, 2.24) is 25.5 Å². The van der Waals surface area contributed by atoms with Gasteiger partial charge in [0.25, 0.3) is 5.91 Å². The monoisotopic (exact) mass is 796 g/mol. The van der Waals surface area contributed by atoms with Crippen LogP contribution >= 0.6 is 0 Å². The van der Waals surface area contributed by atoms with Gasteiger partial charge >= 0.3 is 0 Å². The molecule has 13 heteroatoms. The summed E-state index contributed by atoms with van der Waals surface area (Å²) in [6.07, 6.45) is 5.84. The van der Waals surface area contributed by atoms with Gasteiger partial charge in [0.1, 0.15) is 11.8 Å². The number of carbonyl (C=O) groups is 2. The first kappa shape index (κ1) is 43.4. The highest BCUT2D eigenvalue weighted by atomic mass is 16.7. The van der Waals surface area contributed by atoms with Gasteiger partial charge in [-0.15, -0.1) is 0 Å². The van der Waals surface area contributed by atoms with Crippen molar-refractivity contribution in [3.63, 3.8) is 0 Å². The Balaban J connectivity index is 1.28. The number of benzene rings is 2. The normalized spacial score (nSPS) is 28.8. The van der Waals surface area contributed by atoms with Crippen molar-refractivity contribution in [1.29, 1.82) is 0 Å². The van der Waals surface area contributed by atoms with Crippen LogP contribution in [0, 0.1) is 29.1 Å². The molecular weight excluding hydrogens is 733 g/mol. The summed E-state index contributed by atoms with van der Waals surface area (Å²) in [5.41, 5.74) is 13.8. The summed E-state index contributed by atoms with van der Waals surface area (Å²) < 4.78 is 6.16. The SMILES string of the molecule is COc1c(CN2O[C@@H](CN=[N+]=[N-])[C@@H]([C@H](C)O)[C@H]2C(=O)N[C@H]2C[C@@H]3C[C@@H]([C@@H]2C)C3(C)C)cccc1C1=CC(C(=O)N[C@@H](Cc2ccccc2)CN(C)C)=CC(N(C)C)C1. The second-order valence-corrected chi connectivity index (χ2v) is 18.1. The fourth-order valence-corrected chi connectivity index (χ4v) is 10.2. The van der Waals surface area contributed by atoms with Gasteiger partial charge in [-0.05, 0) is 107 Å². The zero-order chi connectivity index (χ0) is 41.9. The molecule has 2 bridgehead atoms. The molecule has 1 unspecified atom stereocenters. The number of likely N-dealkylation sites (N-methyl/N-ethyl adjacent to an activating group) is 2. The maximum atomic E-state index is 14.4. The molecule has 4 fully saturated rings. The third kappa shape index (κ3) is 9.30. The van der Waals surface area contributed by atoms with Gasteiger partial charge in [-0.25, -0.2) is 0 Å². The van der Waals surface area contributed by atoms with Gasteiger partial charge in [-0.2, -0.15) is 5.06 Å². The number of hydroxylamine groups is 2. The van der Waals surface area contributed by atoms with Gasteiger partial charge in [-0.1, -0.05) is 80.5 Å². The number of aliphatic hydroxyl groups excluding tert-OH is 1. The van der Waals surface area contributed by atoms with Crippen molar-refractivity contribution >= 4 is 17.4 Å². The smallest absolute Gasteiger partial charge is 0.251 e. The zero-order valence-electron chi connectivity index (χ0n) is 35.8. The van der Waals surface area contributed by atoms with Gasteiger partial charge in [0.05, 0.1) is 32.4 Å². The summed E-state index contributed by atoms with van der Waals surface area (Å²) in [6.45, 7) is 9.40. The van der Waals surface area contributed by atoms with Crippen LogP contribution in [0.5, 0.6) is 5.75 Å². The van der Waals surface area contributed by atoms with Crippen LogP contribution < -0.4 is 15.4 Å². The number of fused-ring (bicyclic) bond motifs is 2. The first-order valence-corrected chi connectivity index (χ1v) is 20.8. The van der Waals surface area contributed by atoms with E-state index in [-0.39, 0.29) is 48.4 Å². The van der Waals surface area contributed by atoms with E-state index < -0.39 is 24.2 Å². The van der Waals surface area contributed by atoms with Gasteiger partial charge in [0.15, 0.2) is 0 Å². The topological polar surface area (TPSA) is 155 Å². The van der Waals surface area contributed by atoms with Crippen LogP contribution in [0.3, 0.4) is 0 Å². The number of aliphatic hydroxyl groups is 1. The highest BCUT2D eigenvalue weighted by molar-refractivity contribution is 5.99. The van der Waals surface area contributed by atoms with Crippen molar-refractivity contribution in [3.05, 3.63) is 93.4 Å². The molecular formula is C45H64N8O5. The molecule has 0 aromatic heterocycles. The lowest BCUT2D eigenvalue weighted by atomic mass is 9.45. The highest BCUT2D eigenvalue weighted by Crippen LogP contribution is 2.61. The molecule has 1 saturated heterocycles. The number of hydrogen-bond donors (Lipinski definition) is 3. The Morgan fingerprint density at radius 3 is 2.48 bits per heavy atom. The van der Waals surface area contributed by atoms with Crippen LogP contribution in [0.4, 0.5) is 0 Å². The van der Waals surface area contributed by atoms with E-state index in [0.29, 0.717) is 48.5 Å². The lowest BCUT2D eigenvalue weighted by Crippen LogP contribution is -2.62. The van der Waals surface area contributed by atoms with Crippen molar-refractivity contribution < 1.29 is 24.3 Å². The summed E-state index contributed by atoms with van der Waals surface area (Å²) in [5, 5.41) is 23.3. The minimum atomic E-state index is -0.916. The molecule has 5 aliphatic rings. The molecule has 10 atom stereocenters. The first-order chi connectivity index (χ1) is 27.6. The molecule has 0 spiro atoms. The number of nitrogens with one attached hydrogen (secondary N) is 2. The van der Waals surface area contributed by atoms with E-state index in [4.69, 9.17) is 9.57 Å². The maximum absolute atomic E-state index is 14.4. The molecule has 2 aromatic carbocycles. The zero-order valence-corrected chi connectivity index (χ0v) is 35.8. The Bertz CT molecular complexity index is 1890. The molecule has 0 radical (unpaired) electrons. The summed E-state index contributed by atoms with van der Waals surface area (Å²) >= 11 is 0. The highest BCUT2D eigenvalue weighted by Gasteiger charge is 2.57. The molecule has 4 aliphatic carbocycles. The number of carbonyl (C=O) groups excluding carboxylic acids is 2. The Kier molecular flexibility index (Phi) is 13.7. The molecule has 314 valence electrons. The predicted molar refractivity (Wildman–Crippen MR) is 226 cm³/mol. The molecule has 2 amide bonds. The minimum absolute atomic E-state index is 0.0219. The van der Waals surface area contributed by atoms with Crippen LogP contribution in [0.25, 0.3) is 16.0 Å². The fourth-order valence-electron chi connectivity index (χ4n) is 10.2. The van der Waals surface area contributed by atoms with Crippen LogP contribution in [-0.2, 0) is 27.4 Å². The number of azide groups is 1. The van der Waals surface area contributed by atoms with Gasteiger partial charge in [-0.3, -0.25) is 14.4 Å². The number of rotatable bonds is 16. The molecule has 3 saturated carbocycles. The summed E-state index contributed by atoms with van der Waals surface area (Å²) in [7, 11) is 9.67. The molecule has 1 aliphatic heterocycles. The predicted octanol–water partition coefficient (Wildman–Crippen LogP) is 5.61. The Hall–Kier alpha value is -4.23. The maximum Gasteiger partial charge on any atom is 0.251 e. The molecule has 58 heavy (non-hydrogen) atoms. The summed E-state index contributed by atoms with van der Waals surface area (Å²) in [4.78, 5) is 42.1. The van der Waals surface area contributed by atoms with Crippen molar-refractivity contribution in [2.75, 3.05) is 48.4 Å². The van der Waals surface area contributed by atoms with E-state index >= 15 is 0 Å². The number of hydrogen-bond acceptors (Lipinski definition) is 9. The van der Waals surface area contributed by atoms with Crippen LogP contribution in [-0.4, -0.2) is 117 Å². The molecule has 7 rings (SSSR count). The van der Waals surface area contributed by atoms with Crippen molar-refractivity contribution in [2.45, 2.75) is 96.3 Å². The Morgan fingerprint density at radius 2 is 1.86 bits per heavy atom. The number of amides is 2. The van der Waals surface area contributed by atoms with Crippen LogP contribution in [0.15, 0.2) is 71.4 Å². The molecule has 3 N–H and O–H groups in total. The average molecular weight is 797 g/mol. The standard InChI is InChI=1S/C45H64N8O5/c1-27-37-22-33(45(37,3)4)23-38(27)49-44(56)41-40(28(2)54)39(24-47-50-46)58-53(41)25-30-16-13-17-36(42(30)57-9)31-19-32(21-35(20-31)52(7)8)43(55)48-34(26-51(5)6)18-29-14-11-10-12-15-29/h10-17,19,21,27-28,33-35,37-41,54H,18,20,22-26H2,1-9H3,(H,48,55)(H,49,56)/t27-,28-,33-,34-,35?,37-,38-,39-,40+,41-/m0/s1. The van der Waals surface area contributed by atoms with E-state index in [9.17, 15) is 20.2 Å². The molecule has 2 aromatic rings. The number of ether oxygens (including phenoxy) is 1. The minimum Gasteiger partial charge on any atom is -0.496 e. The lowest BCUT2D eigenvalue weighted by molar-refractivity contribution is -0.175. The van der Waals surface area contributed by atoms with Gasteiger partial charge in [0, 0.05) is 52.2 Å². The third-order valence-electron chi connectivity index (χ3n) is 13.5. The Morgan fingerprint density at radius 1 is 1.12 bits per heavy atom. The van der Waals surface area contributed by atoms with Gasteiger partial charge < -0.3 is 30.3 Å². The van der Waals surface area contributed by atoms with E-state index in [2.05, 4.69) is 63.4 Å². The average Bonchev–Trinajstić information content (AvgIpc) is 3.55. The summed E-state index contributed by atoms with van der Waals surface area (Å²) in [5.74, 6) is 1.05. The first-order valence-electron chi connectivity index (χ1n) is 20.8. The van der Waals surface area contributed by atoms with E-state index in [0.717, 1.165) is 28.7 Å². The number of nitrogens with zero attached hydrogens (tertiary/aromatic N) is 6. The quantitative estimate of drug-likeness (QED) is 0.113. The lowest BCUT2D eigenvalue weighted by Gasteiger charge is -2.62. The van der Waals surface area contributed by atoms with Crippen LogP contribution in [0.2, 0.25) is 0 Å². The van der Waals surface area contributed by atoms with E-state index in [1.165, 1.54) is 6.42 Å². The van der Waals surface area contributed by atoms with E-state index in [1.807, 2.05) is 76.7 Å². The van der Waals surface area contributed by atoms with Gasteiger partial charge in [0.2, 0.25) is 5.91 Å². The second-order valence-electron chi connectivity index (χ2n) is 18.1. The summed E-state index contributed by atoms with van der Waals surface area (Å²) in [6, 6.07) is 15.1. The second kappa shape index (κ2) is 18.4.